The average Bonchev–Trinajstić information content (AvgIpc) is 2.98. The molecule has 0 aliphatic carbocycles. The smallest absolute Gasteiger partial charge is 0.167 e. The molecule has 0 radical (unpaired) electrons. The molecule has 0 spiro atoms. The fourth-order valence-corrected chi connectivity index (χ4v) is 3.00. The van der Waals surface area contributed by atoms with Gasteiger partial charge in [0.15, 0.2) is 5.76 Å². The standard InChI is InChI=1S/C17H16N2OS/c1-12-7-8-14(18)9-17(12)21-11-15-10-16(20-19-15)13-5-3-2-4-6-13/h2-10H,11,18H2,1H3. The van der Waals surface area contributed by atoms with Gasteiger partial charge in [0.2, 0.25) is 0 Å². The summed E-state index contributed by atoms with van der Waals surface area (Å²) in [7, 11) is 0. The predicted molar refractivity (Wildman–Crippen MR) is 87.1 cm³/mol. The Balaban J connectivity index is 1.72. The molecule has 1 heterocycles. The summed E-state index contributed by atoms with van der Waals surface area (Å²) in [6.07, 6.45) is 0. The molecule has 0 atom stereocenters. The van der Waals surface area contributed by atoms with Crippen molar-refractivity contribution in [2.75, 3.05) is 5.73 Å². The molecule has 0 amide bonds. The van der Waals surface area contributed by atoms with Gasteiger partial charge in [0.05, 0.1) is 5.69 Å². The van der Waals surface area contributed by atoms with Crippen LogP contribution in [0.1, 0.15) is 11.3 Å². The van der Waals surface area contributed by atoms with Gasteiger partial charge in [-0.2, -0.15) is 0 Å². The molecule has 3 aromatic rings. The van der Waals surface area contributed by atoms with Crippen molar-refractivity contribution >= 4 is 17.4 Å². The van der Waals surface area contributed by atoms with Crippen LogP contribution in [-0.4, -0.2) is 5.16 Å². The van der Waals surface area contributed by atoms with Crippen LogP contribution in [0, 0.1) is 6.92 Å². The summed E-state index contributed by atoms with van der Waals surface area (Å²) in [5, 5.41) is 4.13. The van der Waals surface area contributed by atoms with Gasteiger partial charge in [0.1, 0.15) is 0 Å². The first-order valence-electron chi connectivity index (χ1n) is 6.72. The lowest BCUT2D eigenvalue weighted by molar-refractivity contribution is 0.426. The van der Waals surface area contributed by atoms with Crippen LogP contribution in [0.3, 0.4) is 0 Å². The molecule has 21 heavy (non-hydrogen) atoms. The van der Waals surface area contributed by atoms with Crippen molar-refractivity contribution in [2.45, 2.75) is 17.6 Å². The van der Waals surface area contributed by atoms with E-state index in [1.165, 1.54) is 10.5 Å². The minimum absolute atomic E-state index is 0.765. The molecule has 0 fully saturated rings. The molecule has 4 heteroatoms. The molecule has 0 aliphatic heterocycles. The first kappa shape index (κ1) is 13.8. The highest BCUT2D eigenvalue weighted by molar-refractivity contribution is 7.98. The number of nitrogens with zero attached hydrogens (tertiary/aromatic N) is 1. The summed E-state index contributed by atoms with van der Waals surface area (Å²) in [4.78, 5) is 1.18. The molecule has 2 N–H and O–H groups in total. The second-order valence-corrected chi connectivity index (χ2v) is 5.88. The summed E-state index contributed by atoms with van der Waals surface area (Å²) in [6.45, 7) is 2.08. The number of hydrogen-bond acceptors (Lipinski definition) is 4. The van der Waals surface area contributed by atoms with Gasteiger partial charge >= 0.3 is 0 Å². The van der Waals surface area contributed by atoms with E-state index in [-0.39, 0.29) is 0 Å². The van der Waals surface area contributed by atoms with Gasteiger partial charge in [0, 0.05) is 28.0 Å². The number of nitrogen functional groups attached to an aromatic ring is 1. The zero-order chi connectivity index (χ0) is 14.7. The Bertz CT molecular complexity index is 738. The molecule has 0 unspecified atom stereocenters. The highest BCUT2D eigenvalue weighted by atomic mass is 32.2. The van der Waals surface area contributed by atoms with Crippen molar-refractivity contribution in [3.05, 3.63) is 65.9 Å². The summed E-state index contributed by atoms with van der Waals surface area (Å²) >= 11 is 1.72. The first-order chi connectivity index (χ1) is 10.2. The van der Waals surface area contributed by atoms with E-state index in [9.17, 15) is 0 Å². The van der Waals surface area contributed by atoms with E-state index in [4.69, 9.17) is 10.3 Å². The lowest BCUT2D eigenvalue weighted by Gasteiger charge is -2.04. The Morgan fingerprint density at radius 3 is 2.71 bits per heavy atom. The van der Waals surface area contributed by atoms with E-state index < -0.39 is 0 Å². The van der Waals surface area contributed by atoms with Crippen molar-refractivity contribution in [3.8, 4) is 11.3 Å². The van der Waals surface area contributed by atoms with Crippen LogP contribution in [0.15, 0.2) is 64.0 Å². The summed E-state index contributed by atoms with van der Waals surface area (Å²) in [5.41, 5.74) is 9.81. The Morgan fingerprint density at radius 2 is 1.90 bits per heavy atom. The van der Waals surface area contributed by atoms with E-state index in [0.29, 0.717) is 0 Å². The SMILES string of the molecule is Cc1ccc(N)cc1SCc1cc(-c2ccccc2)on1. The molecule has 106 valence electrons. The number of hydrogen-bond donors (Lipinski definition) is 1. The van der Waals surface area contributed by atoms with Crippen LogP contribution in [0.5, 0.6) is 0 Å². The van der Waals surface area contributed by atoms with E-state index in [1.807, 2.05) is 54.6 Å². The molecule has 0 aliphatic rings. The van der Waals surface area contributed by atoms with Gasteiger partial charge in [0.25, 0.3) is 0 Å². The minimum atomic E-state index is 0.765. The predicted octanol–water partition coefficient (Wildman–Crippen LogP) is 4.52. The lowest BCUT2D eigenvalue weighted by atomic mass is 10.2. The molecule has 0 bridgehead atoms. The lowest BCUT2D eigenvalue weighted by Crippen LogP contribution is -1.88. The third-order valence-corrected chi connectivity index (χ3v) is 4.40. The van der Waals surface area contributed by atoms with Gasteiger partial charge in [-0.1, -0.05) is 41.6 Å². The third-order valence-electron chi connectivity index (χ3n) is 3.21. The third kappa shape index (κ3) is 3.28. The molecular formula is C17H16N2OS. The maximum Gasteiger partial charge on any atom is 0.167 e. The summed E-state index contributed by atoms with van der Waals surface area (Å²) < 4.78 is 5.41. The normalized spacial score (nSPS) is 10.7. The summed E-state index contributed by atoms with van der Waals surface area (Å²) in [5.74, 6) is 1.57. The highest BCUT2D eigenvalue weighted by Crippen LogP contribution is 2.29. The van der Waals surface area contributed by atoms with Crippen LogP contribution in [-0.2, 0) is 5.75 Å². The highest BCUT2D eigenvalue weighted by Gasteiger charge is 2.08. The first-order valence-corrected chi connectivity index (χ1v) is 7.71. The Labute approximate surface area is 128 Å². The van der Waals surface area contributed by atoms with E-state index >= 15 is 0 Å². The number of thioether (sulfide) groups is 1. The van der Waals surface area contributed by atoms with Gasteiger partial charge in [-0.3, -0.25) is 0 Å². The molecular weight excluding hydrogens is 280 g/mol. The van der Waals surface area contributed by atoms with Crippen LogP contribution < -0.4 is 5.73 Å². The topological polar surface area (TPSA) is 52.0 Å². The Hall–Kier alpha value is -2.20. The molecule has 3 nitrogen and oxygen atoms in total. The molecule has 3 rings (SSSR count). The zero-order valence-electron chi connectivity index (χ0n) is 11.7. The van der Waals surface area contributed by atoms with Gasteiger partial charge in [-0.05, 0) is 24.6 Å². The zero-order valence-corrected chi connectivity index (χ0v) is 12.6. The van der Waals surface area contributed by atoms with Crippen molar-refractivity contribution in [1.82, 2.24) is 5.16 Å². The Kier molecular flexibility index (Phi) is 3.97. The number of aromatic nitrogens is 1. The maximum atomic E-state index is 5.83. The number of rotatable bonds is 4. The van der Waals surface area contributed by atoms with Gasteiger partial charge in [-0.25, -0.2) is 0 Å². The summed E-state index contributed by atoms with van der Waals surface area (Å²) in [6, 6.07) is 17.9. The molecule has 2 aromatic carbocycles. The molecule has 0 saturated carbocycles. The number of benzene rings is 2. The van der Waals surface area contributed by atoms with Crippen molar-refractivity contribution in [1.29, 1.82) is 0 Å². The van der Waals surface area contributed by atoms with Crippen LogP contribution >= 0.6 is 11.8 Å². The number of anilines is 1. The van der Waals surface area contributed by atoms with E-state index in [2.05, 4.69) is 12.1 Å². The van der Waals surface area contributed by atoms with Crippen molar-refractivity contribution in [3.63, 3.8) is 0 Å². The fourth-order valence-electron chi connectivity index (χ4n) is 2.04. The van der Waals surface area contributed by atoms with E-state index in [1.54, 1.807) is 11.8 Å². The second kappa shape index (κ2) is 6.06. The van der Waals surface area contributed by atoms with Crippen LogP contribution in [0.25, 0.3) is 11.3 Å². The minimum Gasteiger partial charge on any atom is -0.399 e. The van der Waals surface area contributed by atoms with Crippen LogP contribution in [0.2, 0.25) is 0 Å². The van der Waals surface area contributed by atoms with E-state index in [0.717, 1.165) is 28.5 Å². The Morgan fingerprint density at radius 1 is 1.10 bits per heavy atom. The second-order valence-electron chi connectivity index (χ2n) is 4.86. The molecule has 1 aromatic heterocycles. The average molecular weight is 296 g/mol. The van der Waals surface area contributed by atoms with Gasteiger partial charge in [-0.15, -0.1) is 11.8 Å². The monoisotopic (exact) mass is 296 g/mol. The van der Waals surface area contributed by atoms with Gasteiger partial charge < -0.3 is 10.3 Å². The number of nitrogens with two attached hydrogens (primary N) is 1. The fraction of sp³-hybridized carbons (Fsp3) is 0.118. The van der Waals surface area contributed by atoms with Crippen molar-refractivity contribution < 1.29 is 4.52 Å². The maximum absolute atomic E-state index is 5.83. The molecule has 0 saturated heterocycles. The number of aryl methyl sites for hydroxylation is 1. The largest absolute Gasteiger partial charge is 0.399 e. The van der Waals surface area contributed by atoms with Crippen LogP contribution in [0.4, 0.5) is 5.69 Å². The quantitative estimate of drug-likeness (QED) is 0.568. The van der Waals surface area contributed by atoms with Crippen molar-refractivity contribution in [2.24, 2.45) is 0 Å².